The molecule has 0 heterocycles. The van der Waals surface area contributed by atoms with Gasteiger partial charge in [-0.25, -0.2) is 0 Å². The molecule has 4 N–H and O–H groups in total. The summed E-state index contributed by atoms with van der Waals surface area (Å²) in [6, 6.07) is 4.87. The molecule has 0 aliphatic rings. The van der Waals surface area contributed by atoms with Gasteiger partial charge in [0.05, 0.1) is 11.4 Å². The number of carbonyl (C=O) groups excluding carboxylic acids is 1. The summed E-state index contributed by atoms with van der Waals surface area (Å²) in [6.07, 6.45) is 0. The first-order valence-corrected chi connectivity index (χ1v) is 5.90. The van der Waals surface area contributed by atoms with Crippen LogP contribution in [-0.2, 0) is 4.79 Å². The molecule has 1 unspecified atom stereocenters. The highest BCUT2D eigenvalue weighted by atomic mass is 35.5. The Morgan fingerprint density at radius 3 is 2.59 bits per heavy atom. The number of rotatable bonds is 4. The van der Waals surface area contributed by atoms with E-state index >= 15 is 0 Å². The Labute approximate surface area is 107 Å². The summed E-state index contributed by atoms with van der Waals surface area (Å²) in [5, 5.41) is 6.44. The van der Waals surface area contributed by atoms with Gasteiger partial charge in [-0.3, -0.25) is 4.79 Å². The summed E-state index contributed by atoms with van der Waals surface area (Å²) >= 11 is 5.87. The number of amides is 1. The molecule has 1 rings (SSSR count). The van der Waals surface area contributed by atoms with Crippen LogP contribution < -0.4 is 16.4 Å². The van der Waals surface area contributed by atoms with Gasteiger partial charge in [0, 0.05) is 11.1 Å². The zero-order valence-electron chi connectivity index (χ0n) is 10.3. The molecule has 4 nitrogen and oxygen atoms in total. The van der Waals surface area contributed by atoms with E-state index in [9.17, 15) is 4.79 Å². The Balaban J connectivity index is 2.70. The molecule has 0 saturated heterocycles. The number of halogens is 1. The first kappa shape index (κ1) is 13.6. The van der Waals surface area contributed by atoms with Crippen LogP contribution in [0.3, 0.4) is 0 Å². The number of anilines is 2. The largest absolute Gasteiger partial charge is 0.397 e. The van der Waals surface area contributed by atoms with Gasteiger partial charge >= 0.3 is 0 Å². The fraction of sp³-hybridized carbons (Fsp3) is 0.417. The minimum absolute atomic E-state index is 0.0700. The van der Waals surface area contributed by atoms with Crippen LogP contribution in [0.25, 0.3) is 0 Å². The van der Waals surface area contributed by atoms with Gasteiger partial charge in [-0.05, 0) is 39.0 Å². The van der Waals surface area contributed by atoms with Gasteiger partial charge in [0.1, 0.15) is 6.04 Å². The van der Waals surface area contributed by atoms with Crippen LogP contribution in [-0.4, -0.2) is 18.0 Å². The monoisotopic (exact) mass is 255 g/mol. The Kier molecular flexibility index (Phi) is 4.63. The standard InChI is InChI=1S/C12H18ClN3O/c1-7(2)15-12(17)8(3)16-11-6-9(13)4-5-10(11)14/h4-8,16H,14H2,1-3H3,(H,15,17). The van der Waals surface area contributed by atoms with Crippen molar-refractivity contribution in [3.05, 3.63) is 23.2 Å². The molecular weight excluding hydrogens is 238 g/mol. The quantitative estimate of drug-likeness (QED) is 0.723. The number of benzene rings is 1. The van der Waals surface area contributed by atoms with Crippen LogP contribution in [0.15, 0.2) is 18.2 Å². The molecule has 1 aromatic rings. The summed E-state index contributed by atoms with van der Waals surface area (Å²) in [5.41, 5.74) is 7.02. The Hall–Kier alpha value is -1.42. The molecule has 0 fully saturated rings. The fourth-order valence-electron chi connectivity index (χ4n) is 1.36. The highest BCUT2D eigenvalue weighted by Crippen LogP contribution is 2.23. The lowest BCUT2D eigenvalue weighted by Crippen LogP contribution is -2.41. The molecule has 1 atom stereocenters. The molecule has 0 bridgehead atoms. The van der Waals surface area contributed by atoms with E-state index in [1.54, 1.807) is 25.1 Å². The van der Waals surface area contributed by atoms with Crippen LogP contribution in [0.2, 0.25) is 5.02 Å². The van der Waals surface area contributed by atoms with E-state index in [-0.39, 0.29) is 18.0 Å². The van der Waals surface area contributed by atoms with Crippen molar-refractivity contribution in [1.82, 2.24) is 5.32 Å². The van der Waals surface area contributed by atoms with E-state index in [4.69, 9.17) is 17.3 Å². The normalized spacial score (nSPS) is 12.3. The zero-order valence-corrected chi connectivity index (χ0v) is 11.0. The molecule has 0 aromatic heterocycles. The van der Waals surface area contributed by atoms with Crippen molar-refractivity contribution in [3.63, 3.8) is 0 Å². The van der Waals surface area contributed by atoms with Gasteiger partial charge in [-0.2, -0.15) is 0 Å². The lowest BCUT2D eigenvalue weighted by atomic mass is 10.2. The smallest absolute Gasteiger partial charge is 0.242 e. The van der Waals surface area contributed by atoms with Gasteiger partial charge in [-0.15, -0.1) is 0 Å². The van der Waals surface area contributed by atoms with E-state index in [1.807, 2.05) is 13.8 Å². The molecule has 0 radical (unpaired) electrons. The Bertz CT molecular complexity index is 407. The second kappa shape index (κ2) is 5.77. The Morgan fingerprint density at radius 2 is 2.00 bits per heavy atom. The van der Waals surface area contributed by atoms with Crippen molar-refractivity contribution in [1.29, 1.82) is 0 Å². The van der Waals surface area contributed by atoms with Crippen molar-refractivity contribution < 1.29 is 4.79 Å². The van der Waals surface area contributed by atoms with Crippen LogP contribution in [0, 0.1) is 0 Å². The number of carbonyl (C=O) groups is 1. The highest BCUT2D eigenvalue weighted by molar-refractivity contribution is 6.31. The van der Waals surface area contributed by atoms with Gasteiger partial charge in [-0.1, -0.05) is 11.6 Å². The number of hydrogen-bond donors (Lipinski definition) is 3. The lowest BCUT2D eigenvalue weighted by Gasteiger charge is -2.18. The summed E-state index contributed by atoms with van der Waals surface area (Å²) in [6.45, 7) is 5.61. The van der Waals surface area contributed by atoms with E-state index < -0.39 is 0 Å². The molecule has 0 saturated carbocycles. The van der Waals surface area contributed by atoms with Crippen molar-refractivity contribution in [2.24, 2.45) is 0 Å². The first-order chi connectivity index (χ1) is 7.90. The van der Waals surface area contributed by atoms with E-state index in [1.165, 1.54) is 0 Å². The Morgan fingerprint density at radius 1 is 1.35 bits per heavy atom. The van der Waals surface area contributed by atoms with Gasteiger partial charge in [0.2, 0.25) is 5.91 Å². The van der Waals surface area contributed by atoms with Crippen LogP contribution in [0.5, 0.6) is 0 Å². The summed E-state index contributed by atoms with van der Waals surface area (Å²) in [7, 11) is 0. The number of hydrogen-bond acceptors (Lipinski definition) is 3. The molecule has 0 aliphatic carbocycles. The lowest BCUT2D eigenvalue weighted by molar-refractivity contribution is -0.122. The van der Waals surface area contributed by atoms with Crippen LogP contribution in [0.4, 0.5) is 11.4 Å². The first-order valence-electron chi connectivity index (χ1n) is 5.52. The second-order valence-electron chi connectivity index (χ2n) is 4.26. The van der Waals surface area contributed by atoms with Crippen LogP contribution in [0.1, 0.15) is 20.8 Å². The molecule has 0 spiro atoms. The van der Waals surface area contributed by atoms with Gasteiger partial charge in [0.15, 0.2) is 0 Å². The maximum absolute atomic E-state index is 11.7. The predicted octanol–water partition coefficient (Wildman–Crippen LogP) is 2.25. The predicted molar refractivity (Wildman–Crippen MR) is 72.2 cm³/mol. The topological polar surface area (TPSA) is 67.2 Å². The number of nitrogens with two attached hydrogens (primary N) is 1. The van der Waals surface area contributed by atoms with Crippen molar-refractivity contribution >= 4 is 28.9 Å². The molecule has 94 valence electrons. The SMILES string of the molecule is CC(C)NC(=O)C(C)Nc1cc(Cl)ccc1N. The van der Waals surface area contributed by atoms with E-state index in [0.29, 0.717) is 16.4 Å². The van der Waals surface area contributed by atoms with E-state index in [2.05, 4.69) is 10.6 Å². The van der Waals surface area contributed by atoms with E-state index in [0.717, 1.165) is 0 Å². The molecule has 1 aromatic carbocycles. The molecule has 1 amide bonds. The van der Waals surface area contributed by atoms with Crippen molar-refractivity contribution in [2.75, 3.05) is 11.1 Å². The average Bonchev–Trinajstić information content (AvgIpc) is 2.22. The molecule has 5 heteroatoms. The maximum Gasteiger partial charge on any atom is 0.242 e. The average molecular weight is 256 g/mol. The maximum atomic E-state index is 11.7. The fourth-order valence-corrected chi connectivity index (χ4v) is 1.53. The highest BCUT2D eigenvalue weighted by Gasteiger charge is 2.14. The summed E-state index contributed by atoms with van der Waals surface area (Å²) in [4.78, 5) is 11.7. The minimum atomic E-state index is -0.363. The summed E-state index contributed by atoms with van der Waals surface area (Å²) < 4.78 is 0. The van der Waals surface area contributed by atoms with Gasteiger partial charge in [0.25, 0.3) is 0 Å². The minimum Gasteiger partial charge on any atom is -0.397 e. The third kappa shape index (κ3) is 4.15. The van der Waals surface area contributed by atoms with Crippen LogP contribution >= 0.6 is 11.6 Å². The third-order valence-electron chi connectivity index (χ3n) is 2.21. The van der Waals surface area contributed by atoms with Crippen molar-refractivity contribution in [3.8, 4) is 0 Å². The second-order valence-corrected chi connectivity index (χ2v) is 4.70. The molecule has 17 heavy (non-hydrogen) atoms. The molecular formula is C12H18ClN3O. The third-order valence-corrected chi connectivity index (χ3v) is 2.45. The number of nitrogens with one attached hydrogen (secondary N) is 2. The molecule has 0 aliphatic heterocycles. The van der Waals surface area contributed by atoms with Gasteiger partial charge < -0.3 is 16.4 Å². The van der Waals surface area contributed by atoms with Crippen molar-refractivity contribution in [2.45, 2.75) is 32.9 Å². The zero-order chi connectivity index (χ0) is 13.0. The number of nitrogen functional groups attached to an aromatic ring is 1. The summed E-state index contributed by atoms with van der Waals surface area (Å²) in [5.74, 6) is -0.0700.